The van der Waals surface area contributed by atoms with Crippen LogP contribution in [0.1, 0.15) is 31.7 Å². The molecule has 124 valence electrons. The second-order valence-electron chi connectivity index (χ2n) is 5.21. The molecule has 1 aliphatic heterocycles. The van der Waals surface area contributed by atoms with Gasteiger partial charge >= 0.3 is 0 Å². The Labute approximate surface area is 146 Å². The fourth-order valence-electron chi connectivity index (χ4n) is 2.12. The predicted molar refractivity (Wildman–Crippen MR) is 99.0 cm³/mol. The largest absolute Gasteiger partial charge is 0.493 e. The van der Waals surface area contributed by atoms with E-state index in [1.807, 2.05) is 24.3 Å². The number of rotatable bonds is 7. The molecule has 1 aromatic carbocycles. The molecular weight excluding hydrogens is 330 g/mol. The van der Waals surface area contributed by atoms with Crippen LogP contribution in [0.2, 0.25) is 0 Å². The van der Waals surface area contributed by atoms with E-state index in [9.17, 15) is 4.79 Å². The first kappa shape index (κ1) is 17.8. The summed E-state index contributed by atoms with van der Waals surface area (Å²) in [5.41, 5.74) is 0.886. The first-order valence-electron chi connectivity index (χ1n) is 7.59. The van der Waals surface area contributed by atoms with Gasteiger partial charge < -0.3 is 9.47 Å². The fraction of sp³-hybridized carbons (Fsp3) is 0.412. The van der Waals surface area contributed by atoms with E-state index in [2.05, 4.69) is 6.92 Å². The maximum atomic E-state index is 12.0. The molecule has 0 spiro atoms. The van der Waals surface area contributed by atoms with Crippen LogP contribution in [0.25, 0.3) is 6.08 Å². The number of ether oxygens (including phenoxy) is 2. The van der Waals surface area contributed by atoms with Crippen molar-refractivity contribution in [2.75, 3.05) is 20.8 Å². The van der Waals surface area contributed by atoms with E-state index in [1.54, 1.807) is 14.2 Å². The van der Waals surface area contributed by atoms with Gasteiger partial charge in [-0.25, -0.2) is 0 Å². The number of carbonyl (C=O) groups is 1. The van der Waals surface area contributed by atoms with Crippen LogP contribution in [-0.4, -0.2) is 35.9 Å². The first-order chi connectivity index (χ1) is 11.1. The number of methoxy groups -OCH3 is 1. The van der Waals surface area contributed by atoms with E-state index in [4.69, 9.17) is 21.7 Å². The number of hydrogen-bond acceptors (Lipinski definition) is 5. The van der Waals surface area contributed by atoms with E-state index < -0.39 is 0 Å². The highest BCUT2D eigenvalue weighted by Gasteiger charge is 2.28. The van der Waals surface area contributed by atoms with Crippen LogP contribution < -0.4 is 9.47 Å². The smallest absolute Gasteiger partial charge is 0.265 e. The van der Waals surface area contributed by atoms with Crippen molar-refractivity contribution in [2.24, 2.45) is 0 Å². The molecule has 0 atom stereocenters. The molecule has 0 unspecified atom stereocenters. The van der Waals surface area contributed by atoms with Gasteiger partial charge in [-0.1, -0.05) is 49.8 Å². The highest BCUT2D eigenvalue weighted by Crippen LogP contribution is 2.34. The van der Waals surface area contributed by atoms with Crippen LogP contribution in [0, 0.1) is 0 Å². The lowest BCUT2D eigenvalue weighted by Crippen LogP contribution is -2.22. The van der Waals surface area contributed by atoms with Crippen molar-refractivity contribution < 1.29 is 14.3 Å². The lowest BCUT2D eigenvalue weighted by atomic mass is 10.2. The molecule has 1 saturated heterocycles. The average molecular weight is 351 g/mol. The van der Waals surface area contributed by atoms with E-state index in [-0.39, 0.29) is 5.91 Å². The predicted octanol–water partition coefficient (Wildman–Crippen LogP) is 4.10. The third-order valence-corrected chi connectivity index (χ3v) is 4.96. The topological polar surface area (TPSA) is 38.8 Å². The summed E-state index contributed by atoms with van der Waals surface area (Å²) >= 11 is 6.44. The van der Waals surface area contributed by atoms with Gasteiger partial charge in [0.05, 0.1) is 18.6 Å². The van der Waals surface area contributed by atoms with Gasteiger partial charge in [0.25, 0.3) is 5.91 Å². The normalized spacial score (nSPS) is 16.3. The van der Waals surface area contributed by atoms with Crippen LogP contribution in [0.15, 0.2) is 23.1 Å². The summed E-state index contributed by atoms with van der Waals surface area (Å²) in [5, 5.41) is 0. The van der Waals surface area contributed by atoms with Crippen molar-refractivity contribution in [3.05, 3.63) is 28.7 Å². The molecule has 0 bridgehead atoms. The van der Waals surface area contributed by atoms with Crippen molar-refractivity contribution in [1.29, 1.82) is 0 Å². The molecule has 0 saturated carbocycles. The number of benzene rings is 1. The SMILES string of the molecule is CCCCCOc1ccc(C=C2SC(=S)N(C)C2=O)cc1OC. The highest BCUT2D eigenvalue weighted by molar-refractivity contribution is 8.26. The van der Waals surface area contributed by atoms with Gasteiger partial charge in [-0.05, 0) is 30.2 Å². The molecule has 4 nitrogen and oxygen atoms in total. The summed E-state index contributed by atoms with van der Waals surface area (Å²) in [4.78, 5) is 14.1. The third kappa shape index (κ3) is 4.48. The molecule has 2 rings (SSSR count). The lowest BCUT2D eigenvalue weighted by Gasteiger charge is -2.11. The molecule has 0 radical (unpaired) electrons. The minimum absolute atomic E-state index is 0.0705. The Bertz CT molecular complexity index is 628. The zero-order chi connectivity index (χ0) is 16.8. The van der Waals surface area contributed by atoms with Crippen molar-refractivity contribution in [3.63, 3.8) is 0 Å². The summed E-state index contributed by atoms with van der Waals surface area (Å²) in [6, 6.07) is 5.67. The number of thiocarbonyl (C=S) groups is 1. The zero-order valence-corrected chi connectivity index (χ0v) is 15.3. The quantitative estimate of drug-likeness (QED) is 0.420. The molecule has 23 heavy (non-hydrogen) atoms. The Hall–Kier alpha value is -1.53. The number of hydrogen-bond donors (Lipinski definition) is 0. The molecule has 1 heterocycles. The molecule has 1 fully saturated rings. The van der Waals surface area contributed by atoms with Gasteiger partial charge in [-0.15, -0.1) is 0 Å². The Morgan fingerprint density at radius 3 is 2.70 bits per heavy atom. The van der Waals surface area contributed by atoms with Crippen molar-refractivity contribution in [2.45, 2.75) is 26.2 Å². The number of amides is 1. The monoisotopic (exact) mass is 351 g/mol. The number of unbranched alkanes of at least 4 members (excludes halogenated alkanes) is 2. The summed E-state index contributed by atoms with van der Waals surface area (Å²) in [6.45, 7) is 2.84. The van der Waals surface area contributed by atoms with Gasteiger partial charge in [-0.3, -0.25) is 9.69 Å². The van der Waals surface area contributed by atoms with Crippen LogP contribution >= 0.6 is 24.0 Å². The Balaban J connectivity index is 2.13. The van der Waals surface area contributed by atoms with Gasteiger partial charge in [0.2, 0.25) is 0 Å². The molecule has 0 aliphatic carbocycles. The number of carbonyl (C=O) groups excluding carboxylic acids is 1. The number of nitrogens with zero attached hydrogens (tertiary/aromatic N) is 1. The van der Waals surface area contributed by atoms with E-state index in [0.717, 1.165) is 30.6 Å². The molecule has 1 aliphatic rings. The Morgan fingerprint density at radius 1 is 1.30 bits per heavy atom. The van der Waals surface area contributed by atoms with Crippen molar-refractivity contribution >= 4 is 40.3 Å². The number of thioether (sulfide) groups is 1. The van der Waals surface area contributed by atoms with Crippen LogP contribution in [0.3, 0.4) is 0 Å². The summed E-state index contributed by atoms with van der Waals surface area (Å²) in [7, 11) is 3.30. The maximum Gasteiger partial charge on any atom is 0.265 e. The second-order valence-corrected chi connectivity index (χ2v) is 6.88. The van der Waals surface area contributed by atoms with Crippen LogP contribution in [0.5, 0.6) is 11.5 Å². The average Bonchev–Trinajstić information content (AvgIpc) is 2.79. The maximum absolute atomic E-state index is 12.0. The molecule has 6 heteroatoms. The Kier molecular flexibility index (Phi) is 6.47. The second kappa shape index (κ2) is 8.36. The van der Waals surface area contributed by atoms with E-state index >= 15 is 0 Å². The van der Waals surface area contributed by atoms with Gasteiger partial charge in [-0.2, -0.15) is 0 Å². The first-order valence-corrected chi connectivity index (χ1v) is 8.81. The highest BCUT2D eigenvalue weighted by atomic mass is 32.2. The fourth-order valence-corrected chi connectivity index (χ4v) is 3.30. The lowest BCUT2D eigenvalue weighted by molar-refractivity contribution is -0.121. The van der Waals surface area contributed by atoms with E-state index in [0.29, 0.717) is 21.6 Å². The van der Waals surface area contributed by atoms with Crippen LogP contribution in [0.4, 0.5) is 0 Å². The molecule has 1 amide bonds. The molecular formula is C17H21NO3S2. The summed E-state index contributed by atoms with van der Waals surface area (Å²) in [5.74, 6) is 1.32. The van der Waals surface area contributed by atoms with Crippen molar-refractivity contribution in [1.82, 2.24) is 4.90 Å². The van der Waals surface area contributed by atoms with Gasteiger partial charge in [0, 0.05) is 7.05 Å². The van der Waals surface area contributed by atoms with Crippen molar-refractivity contribution in [3.8, 4) is 11.5 Å². The molecule has 0 aromatic heterocycles. The third-order valence-electron chi connectivity index (χ3n) is 3.48. The van der Waals surface area contributed by atoms with E-state index in [1.165, 1.54) is 16.7 Å². The molecule has 0 N–H and O–H groups in total. The standard InChI is InChI=1S/C17H21NO3S2/c1-4-5-6-9-21-13-8-7-12(10-14(13)20-3)11-15-16(19)18(2)17(22)23-15/h7-8,10-11H,4-6,9H2,1-3H3. The minimum Gasteiger partial charge on any atom is -0.493 e. The van der Waals surface area contributed by atoms with Gasteiger partial charge in [0.1, 0.15) is 4.32 Å². The number of likely N-dealkylation sites (N-methyl/N-ethyl adjacent to an activating group) is 1. The molecule has 1 aromatic rings. The minimum atomic E-state index is -0.0705. The summed E-state index contributed by atoms with van der Waals surface area (Å²) < 4.78 is 11.7. The Morgan fingerprint density at radius 2 is 2.09 bits per heavy atom. The van der Waals surface area contributed by atoms with Crippen LogP contribution in [-0.2, 0) is 4.79 Å². The van der Waals surface area contributed by atoms with Gasteiger partial charge in [0.15, 0.2) is 11.5 Å². The zero-order valence-electron chi connectivity index (χ0n) is 13.6. The summed E-state index contributed by atoms with van der Waals surface area (Å²) in [6.07, 6.45) is 5.17.